The standard InChI is InChI=1S/C14H22O3/c1-2-3-4-5-6-9-17-14(16)13-10-7-8-11(15)12(10)13/h10,12-13H,2-9H2,1H3. The molecule has 2 saturated carbocycles. The molecule has 3 atom stereocenters. The van der Waals surface area contributed by atoms with E-state index in [9.17, 15) is 9.59 Å². The Bertz CT molecular complexity index is 298. The van der Waals surface area contributed by atoms with Crippen molar-refractivity contribution in [2.75, 3.05) is 6.61 Å². The van der Waals surface area contributed by atoms with Gasteiger partial charge in [0.15, 0.2) is 0 Å². The smallest absolute Gasteiger partial charge is 0.309 e. The first-order valence-electron chi connectivity index (χ1n) is 6.95. The number of carbonyl (C=O) groups is 2. The number of hydrogen-bond acceptors (Lipinski definition) is 3. The van der Waals surface area contributed by atoms with Gasteiger partial charge in [0.1, 0.15) is 5.78 Å². The van der Waals surface area contributed by atoms with Gasteiger partial charge < -0.3 is 4.74 Å². The molecule has 3 nitrogen and oxygen atoms in total. The van der Waals surface area contributed by atoms with Gasteiger partial charge >= 0.3 is 5.97 Å². The van der Waals surface area contributed by atoms with Crippen molar-refractivity contribution in [3.63, 3.8) is 0 Å². The zero-order valence-corrected chi connectivity index (χ0v) is 10.6. The summed E-state index contributed by atoms with van der Waals surface area (Å²) >= 11 is 0. The largest absolute Gasteiger partial charge is 0.465 e. The second-order valence-corrected chi connectivity index (χ2v) is 5.30. The van der Waals surface area contributed by atoms with Crippen LogP contribution in [0.25, 0.3) is 0 Å². The summed E-state index contributed by atoms with van der Waals surface area (Å²) in [5.41, 5.74) is 0. The zero-order valence-electron chi connectivity index (χ0n) is 10.6. The van der Waals surface area contributed by atoms with Crippen LogP contribution in [0.3, 0.4) is 0 Å². The molecule has 0 aromatic carbocycles. The Morgan fingerprint density at radius 3 is 2.71 bits per heavy atom. The number of hydrogen-bond donors (Lipinski definition) is 0. The van der Waals surface area contributed by atoms with Crippen LogP contribution in [0.1, 0.15) is 51.9 Å². The molecule has 0 N–H and O–H groups in total. The lowest BCUT2D eigenvalue weighted by molar-refractivity contribution is -0.147. The fourth-order valence-corrected chi connectivity index (χ4v) is 2.94. The topological polar surface area (TPSA) is 43.4 Å². The molecule has 0 heterocycles. The van der Waals surface area contributed by atoms with Gasteiger partial charge in [0.2, 0.25) is 0 Å². The van der Waals surface area contributed by atoms with Crippen molar-refractivity contribution in [3.05, 3.63) is 0 Å². The van der Waals surface area contributed by atoms with Gasteiger partial charge in [-0.05, 0) is 18.8 Å². The minimum Gasteiger partial charge on any atom is -0.465 e. The van der Waals surface area contributed by atoms with E-state index in [2.05, 4.69) is 6.92 Å². The maximum Gasteiger partial charge on any atom is 0.309 e. The molecule has 2 fully saturated rings. The van der Waals surface area contributed by atoms with Crippen LogP contribution in [0.15, 0.2) is 0 Å². The first-order valence-corrected chi connectivity index (χ1v) is 6.95. The van der Waals surface area contributed by atoms with Crippen LogP contribution in [0.5, 0.6) is 0 Å². The number of esters is 1. The number of carbonyl (C=O) groups excluding carboxylic acids is 2. The highest BCUT2D eigenvalue weighted by atomic mass is 16.5. The molecule has 0 aromatic rings. The van der Waals surface area contributed by atoms with Gasteiger partial charge in [-0.2, -0.15) is 0 Å². The highest BCUT2D eigenvalue weighted by Gasteiger charge is 2.62. The highest BCUT2D eigenvalue weighted by Crippen LogP contribution is 2.55. The van der Waals surface area contributed by atoms with E-state index in [1.807, 2.05) is 0 Å². The fourth-order valence-electron chi connectivity index (χ4n) is 2.94. The molecule has 2 aliphatic carbocycles. The molecule has 17 heavy (non-hydrogen) atoms. The van der Waals surface area contributed by atoms with Gasteiger partial charge in [0.25, 0.3) is 0 Å². The van der Waals surface area contributed by atoms with Crippen LogP contribution in [0.2, 0.25) is 0 Å². The van der Waals surface area contributed by atoms with Gasteiger partial charge in [0.05, 0.1) is 12.5 Å². The Morgan fingerprint density at radius 1 is 1.29 bits per heavy atom. The number of rotatable bonds is 7. The predicted octanol–water partition coefficient (Wildman–Crippen LogP) is 2.73. The van der Waals surface area contributed by atoms with Gasteiger partial charge in [0, 0.05) is 12.3 Å². The Hall–Kier alpha value is -0.860. The van der Waals surface area contributed by atoms with Crippen LogP contribution >= 0.6 is 0 Å². The van der Waals surface area contributed by atoms with E-state index in [-0.39, 0.29) is 23.6 Å². The summed E-state index contributed by atoms with van der Waals surface area (Å²) in [5.74, 6) is 0.438. The predicted molar refractivity (Wildman–Crippen MR) is 64.4 cm³/mol. The lowest BCUT2D eigenvalue weighted by Gasteiger charge is -2.05. The van der Waals surface area contributed by atoms with Crippen molar-refractivity contribution < 1.29 is 14.3 Å². The van der Waals surface area contributed by atoms with E-state index in [1.165, 1.54) is 19.3 Å². The second kappa shape index (κ2) is 5.65. The van der Waals surface area contributed by atoms with Gasteiger partial charge in [-0.1, -0.05) is 32.6 Å². The first kappa shape index (κ1) is 12.6. The molecule has 0 aliphatic heterocycles. The normalized spacial score (nSPS) is 30.2. The molecular weight excluding hydrogens is 216 g/mol. The van der Waals surface area contributed by atoms with Crippen molar-refractivity contribution >= 4 is 11.8 Å². The highest BCUT2D eigenvalue weighted by molar-refractivity contribution is 5.94. The average molecular weight is 238 g/mol. The summed E-state index contributed by atoms with van der Waals surface area (Å²) in [5, 5.41) is 0. The van der Waals surface area contributed by atoms with Gasteiger partial charge in [-0.25, -0.2) is 0 Å². The summed E-state index contributed by atoms with van der Waals surface area (Å²) in [6.45, 7) is 2.72. The molecule has 2 aliphatic rings. The summed E-state index contributed by atoms with van der Waals surface area (Å²) in [4.78, 5) is 23.0. The monoisotopic (exact) mass is 238 g/mol. The SMILES string of the molecule is CCCCCCCOC(=O)C1C2CCC(=O)C21. The van der Waals surface area contributed by atoms with E-state index in [0.717, 1.165) is 19.3 Å². The van der Waals surface area contributed by atoms with Crippen LogP contribution < -0.4 is 0 Å². The fraction of sp³-hybridized carbons (Fsp3) is 0.857. The van der Waals surface area contributed by atoms with Crippen molar-refractivity contribution in [1.82, 2.24) is 0 Å². The maximum atomic E-state index is 11.7. The Morgan fingerprint density at radius 2 is 2.06 bits per heavy atom. The minimum atomic E-state index is -0.122. The quantitative estimate of drug-likeness (QED) is 0.506. The molecule has 0 amide bonds. The van der Waals surface area contributed by atoms with E-state index >= 15 is 0 Å². The van der Waals surface area contributed by atoms with Gasteiger partial charge in [-0.15, -0.1) is 0 Å². The molecule has 0 bridgehead atoms. The molecule has 0 saturated heterocycles. The number of fused-ring (bicyclic) bond motifs is 1. The van der Waals surface area contributed by atoms with Crippen LogP contribution in [-0.2, 0) is 14.3 Å². The first-order chi connectivity index (χ1) is 8.25. The van der Waals surface area contributed by atoms with E-state index < -0.39 is 0 Å². The molecular formula is C14H22O3. The van der Waals surface area contributed by atoms with Crippen molar-refractivity contribution in [2.24, 2.45) is 17.8 Å². The number of Topliss-reactive ketones (excluding diaryl/α,β-unsaturated/α-hetero) is 1. The summed E-state index contributed by atoms with van der Waals surface area (Å²) in [6.07, 6.45) is 7.39. The lowest BCUT2D eigenvalue weighted by atomic mass is 10.1. The van der Waals surface area contributed by atoms with Crippen molar-refractivity contribution in [3.8, 4) is 0 Å². The number of ether oxygens (including phenoxy) is 1. The van der Waals surface area contributed by atoms with Crippen LogP contribution in [0.4, 0.5) is 0 Å². The van der Waals surface area contributed by atoms with Crippen molar-refractivity contribution in [1.29, 1.82) is 0 Å². The molecule has 0 aromatic heterocycles. The average Bonchev–Trinajstić information content (AvgIpc) is 2.94. The summed E-state index contributed by atoms with van der Waals surface area (Å²) in [7, 11) is 0. The molecule has 0 radical (unpaired) electrons. The third kappa shape index (κ3) is 2.88. The van der Waals surface area contributed by atoms with E-state index in [1.54, 1.807) is 0 Å². The molecule has 0 spiro atoms. The maximum absolute atomic E-state index is 11.7. The van der Waals surface area contributed by atoms with Crippen molar-refractivity contribution in [2.45, 2.75) is 51.9 Å². The lowest BCUT2D eigenvalue weighted by Crippen LogP contribution is -2.13. The Kier molecular flexibility index (Phi) is 4.19. The number of unbranched alkanes of at least 4 members (excludes halogenated alkanes) is 4. The molecule has 3 unspecified atom stereocenters. The second-order valence-electron chi connectivity index (χ2n) is 5.30. The van der Waals surface area contributed by atoms with Crippen LogP contribution in [0, 0.1) is 17.8 Å². The Labute approximate surface area is 103 Å². The van der Waals surface area contributed by atoms with E-state index in [4.69, 9.17) is 4.74 Å². The third-order valence-corrected chi connectivity index (χ3v) is 4.03. The van der Waals surface area contributed by atoms with E-state index in [0.29, 0.717) is 18.9 Å². The molecule has 3 heteroatoms. The van der Waals surface area contributed by atoms with Crippen LogP contribution in [-0.4, -0.2) is 18.4 Å². The molecule has 2 rings (SSSR count). The third-order valence-electron chi connectivity index (χ3n) is 4.03. The number of ketones is 1. The molecule has 96 valence electrons. The summed E-state index contributed by atoms with van der Waals surface area (Å²) < 4.78 is 5.24. The Balaban J connectivity index is 1.55. The minimum absolute atomic E-state index is 0.0302. The zero-order chi connectivity index (χ0) is 12.3. The van der Waals surface area contributed by atoms with Gasteiger partial charge in [-0.3, -0.25) is 9.59 Å². The summed E-state index contributed by atoms with van der Waals surface area (Å²) in [6, 6.07) is 0.